The van der Waals surface area contributed by atoms with Gasteiger partial charge in [0.05, 0.1) is 4.90 Å². The second-order valence-electron chi connectivity index (χ2n) is 7.61. The smallest absolute Gasteiger partial charge is 0.243 e. The summed E-state index contributed by atoms with van der Waals surface area (Å²) in [7, 11) is -3.69. The number of thiophene rings is 1. The molecule has 33 heavy (non-hydrogen) atoms. The molecule has 0 bridgehead atoms. The Morgan fingerprint density at radius 2 is 1.85 bits per heavy atom. The van der Waals surface area contributed by atoms with Crippen LogP contribution in [0.15, 0.2) is 44.4 Å². The van der Waals surface area contributed by atoms with Crippen molar-refractivity contribution in [1.82, 2.24) is 19.3 Å². The molecular formula is C21H22N4O6S2. The Morgan fingerprint density at radius 3 is 2.61 bits per heavy atom. The number of rotatable bonds is 6. The van der Waals surface area contributed by atoms with Gasteiger partial charge < -0.3 is 18.9 Å². The molecule has 0 unspecified atom stereocenters. The first-order valence-corrected chi connectivity index (χ1v) is 12.9. The van der Waals surface area contributed by atoms with Crippen LogP contribution in [0.3, 0.4) is 0 Å². The number of piperazine rings is 1. The van der Waals surface area contributed by atoms with Gasteiger partial charge in [-0.3, -0.25) is 4.79 Å². The molecule has 4 heterocycles. The van der Waals surface area contributed by atoms with Crippen molar-refractivity contribution < 1.29 is 27.2 Å². The summed E-state index contributed by atoms with van der Waals surface area (Å²) in [6.07, 6.45) is 0.561. The van der Waals surface area contributed by atoms with Gasteiger partial charge in [-0.25, -0.2) is 8.42 Å². The first kappa shape index (κ1) is 21.9. The molecule has 0 spiro atoms. The Bertz CT molecular complexity index is 1230. The monoisotopic (exact) mass is 490 g/mol. The van der Waals surface area contributed by atoms with E-state index in [4.69, 9.17) is 14.0 Å². The number of fused-ring (bicyclic) bond motifs is 1. The minimum atomic E-state index is -3.69. The van der Waals surface area contributed by atoms with Crippen molar-refractivity contribution in [2.75, 3.05) is 39.4 Å². The summed E-state index contributed by atoms with van der Waals surface area (Å²) in [4.78, 5) is 18.8. The van der Waals surface area contributed by atoms with E-state index in [9.17, 15) is 13.2 Å². The van der Waals surface area contributed by atoms with Gasteiger partial charge in [0.25, 0.3) is 0 Å². The highest BCUT2D eigenvalue weighted by Gasteiger charge is 2.31. The summed E-state index contributed by atoms with van der Waals surface area (Å²) in [6, 6.07) is 6.54. The average molecular weight is 491 g/mol. The molecule has 3 aromatic rings. The second-order valence-corrected chi connectivity index (χ2v) is 10.3. The van der Waals surface area contributed by atoms with E-state index in [-0.39, 0.29) is 30.3 Å². The number of aryl methyl sites for hydroxylation is 1. The molecule has 0 saturated carbocycles. The second kappa shape index (κ2) is 9.12. The van der Waals surface area contributed by atoms with Crippen LogP contribution in [-0.4, -0.2) is 73.1 Å². The molecule has 1 amide bonds. The van der Waals surface area contributed by atoms with Crippen LogP contribution in [0.25, 0.3) is 11.4 Å². The SMILES string of the molecule is O=C(CCc1nc(-c2ccsc2)no1)N1CCN(S(=O)(=O)c2ccc3c(c2)OCCO3)CC1. The van der Waals surface area contributed by atoms with Gasteiger partial charge in [-0.2, -0.15) is 20.6 Å². The lowest BCUT2D eigenvalue weighted by Gasteiger charge is -2.34. The highest BCUT2D eigenvalue weighted by molar-refractivity contribution is 7.89. The predicted octanol–water partition coefficient (Wildman–Crippen LogP) is 2.03. The van der Waals surface area contributed by atoms with E-state index >= 15 is 0 Å². The molecule has 1 fully saturated rings. The van der Waals surface area contributed by atoms with Crippen LogP contribution in [0.1, 0.15) is 12.3 Å². The van der Waals surface area contributed by atoms with Crippen molar-refractivity contribution in [1.29, 1.82) is 0 Å². The predicted molar refractivity (Wildman–Crippen MR) is 119 cm³/mol. The summed E-state index contributed by atoms with van der Waals surface area (Å²) in [5.41, 5.74) is 0.886. The van der Waals surface area contributed by atoms with E-state index < -0.39 is 10.0 Å². The lowest BCUT2D eigenvalue weighted by Crippen LogP contribution is -2.50. The fourth-order valence-electron chi connectivity index (χ4n) is 3.75. The van der Waals surface area contributed by atoms with Crippen LogP contribution in [0.5, 0.6) is 11.5 Å². The minimum absolute atomic E-state index is 0.0679. The maximum Gasteiger partial charge on any atom is 0.243 e. The van der Waals surface area contributed by atoms with E-state index in [0.717, 1.165) is 5.56 Å². The maximum absolute atomic E-state index is 13.1. The molecule has 2 aromatic heterocycles. The van der Waals surface area contributed by atoms with E-state index in [0.29, 0.717) is 55.9 Å². The number of sulfonamides is 1. The van der Waals surface area contributed by atoms with Crippen molar-refractivity contribution in [3.8, 4) is 22.9 Å². The van der Waals surface area contributed by atoms with Crippen molar-refractivity contribution in [2.45, 2.75) is 17.7 Å². The molecule has 12 heteroatoms. The zero-order valence-corrected chi connectivity index (χ0v) is 19.3. The van der Waals surface area contributed by atoms with Gasteiger partial charge in [-0.15, -0.1) is 0 Å². The van der Waals surface area contributed by atoms with Crippen LogP contribution < -0.4 is 9.47 Å². The van der Waals surface area contributed by atoms with Gasteiger partial charge in [-0.05, 0) is 23.6 Å². The number of ether oxygens (including phenoxy) is 2. The number of benzene rings is 1. The lowest BCUT2D eigenvalue weighted by atomic mass is 10.2. The quantitative estimate of drug-likeness (QED) is 0.516. The van der Waals surface area contributed by atoms with E-state index in [1.54, 1.807) is 22.3 Å². The highest BCUT2D eigenvalue weighted by atomic mass is 32.2. The Hall–Kier alpha value is -2.96. The zero-order valence-electron chi connectivity index (χ0n) is 17.7. The van der Waals surface area contributed by atoms with Gasteiger partial charge in [0.2, 0.25) is 27.6 Å². The summed E-state index contributed by atoms with van der Waals surface area (Å²) < 4.78 is 43.7. The molecule has 5 rings (SSSR count). The number of hydrogen-bond donors (Lipinski definition) is 0. The number of hydrogen-bond acceptors (Lipinski definition) is 9. The van der Waals surface area contributed by atoms with Gasteiger partial charge in [-0.1, -0.05) is 5.16 Å². The van der Waals surface area contributed by atoms with Gasteiger partial charge >= 0.3 is 0 Å². The zero-order chi connectivity index (χ0) is 22.8. The Kier molecular flexibility index (Phi) is 6.04. The molecule has 0 N–H and O–H groups in total. The molecule has 2 aliphatic heterocycles. The van der Waals surface area contributed by atoms with Crippen LogP contribution >= 0.6 is 11.3 Å². The highest BCUT2D eigenvalue weighted by Crippen LogP contribution is 2.33. The minimum Gasteiger partial charge on any atom is -0.486 e. The van der Waals surface area contributed by atoms with Crippen LogP contribution in [0.4, 0.5) is 0 Å². The van der Waals surface area contributed by atoms with Gasteiger partial charge in [0.15, 0.2) is 11.5 Å². The third kappa shape index (κ3) is 4.59. The summed E-state index contributed by atoms with van der Waals surface area (Å²) in [6.45, 7) is 1.93. The first-order valence-electron chi connectivity index (χ1n) is 10.5. The van der Waals surface area contributed by atoms with Crippen molar-refractivity contribution >= 4 is 27.3 Å². The fourth-order valence-corrected chi connectivity index (χ4v) is 5.82. The summed E-state index contributed by atoms with van der Waals surface area (Å²) in [5, 5.41) is 7.81. The lowest BCUT2D eigenvalue weighted by molar-refractivity contribution is -0.132. The average Bonchev–Trinajstić information content (AvgIpc) is 3.54. The van der Waals surface area contributed by atoms with Crippen LogP contribution in [0, 0.1) is 0 Å². The Labute approximate surface area is 194 Å². The first-order chi connectivity index (χ1) is 16.0. The largest absolute Gasteiger partial charge is 0.486 e. The molecule has 10 nitrogen and oxygen atoms in total. The third-order valence-corrected chi connectivity index (χ3v) is 8.12. The summed E-state index contributed by atoms with van der Waals surface area (Å²) >= 11 is 1.55. The molecule has 1 saturated heterocycles. The Balaban J connectivity index is 1.15. The van der Waals surface area contributed by atoms with E-state index in [1.807, 2.05) is 16.8 Å². The molecule has 2 aliphatic rings. The number of nitrogens with zero attached hydrogens (tertiary/aromatic N) is 4. The molecule has 1 aromatic carbocycles. The number of amides is 1. The maximum atomic E-state index is 13.1. The number of carbonyl (C=O) groups is 1. The van der Waals surface area contributed by atoms with Crippen LogP contribution in [0.2, 0.25) is 0 Å². The van der Waals surface area contributed by atoms with Gasteiger partial charge in [0.1, 0.15) is 13.2 Å². The molecule has 174 valence electrons. The standard InChI is InChI=1S/C21H22N4O6S2/c26-20(4-3-19-22-21(23-31-19)15-5-12-32-14-15)24-6-8-25(9-7-24)33(27,28)16-1-2-17-18(13-16)30-11-10-29-17/h1-2,5,12-14H,3-4,6-11H2. The third-order valence-electron chi connectivity index (χ3n) is 5.54. The molecule has 0 atom stereocenters. The molecular weight excluding hydrogens is 468 g/mol. The van der Waals surface area contributed by atoms with Crippen molar-refractivity contribution in [3.63, 3.8) is 0 Å². The fraction of sp³-hybridized carbons (Fsp3) is 0.381. The topological polar surface area (TPSA) is 115 Å². The van der Waals surface area contributed by atoms with E-state index in [2.05, 4.69) is 10.1 Å². The van der Waals surface area contributed by atoms with Gasteiger partial charge in [0, 0.05) is 56.0 Å². The molecule has 0 radical (unpaired) electrons. The number of aromatic nitrogens is 2. The Morgan fingerprint density at radius 1 is 1.06 bits per heavy atom. The normalized spacial score (nSPS) is 16.7. The van der Waals surface area contributed by atoms with Crippen LogP contribution in [-0.2, 0) is 21.2 Å². The summed E-state index contributed by atoms with van der Waals surface area (Å²) in [5.74, 6) is 1.82. The number of carbonyl (C=O) groups excluding carboxylic acids is 1. The molecule has 0 aliphatic carbocycles. The van der Waals surface area contributed by atoms with Crippen molar-refractivity contribution in [2.24, 2.45) is 0 Å². The van der Waals surface area contributed by atoms with Crippen molar-refractivity contribution in [3.05, 3.63) is 40.9 Å². The van der Waals surface area contributed by atoms with E-state index in [1.165, 1.54) is 16.4 Å².